The zero-order valence-electron chi connectivity index (χ0n) is 16.6. The third kappa shape index (κ3) is 6.41. The molecule has 2 N–H and O–H groups in total. The van der Waals surface area contributed by atoms with Gasteiger partial charge in [-0.2, -0.15) is 5.26 Å². The Labute approximate surface area is 173 Å². The van der Waals surface area contributed by atoms with Gasteiger partial charge in [0.05, 0.1) is 18.7 Å². The van der Waals surface area contributed by atoms with Crippen molar-refractivity contribution < 1.29 is 23.5 Å². The van der Waals surface area contributed by atoms with Crippen LogP contribution in [-0.4, -0.2) is 37.0 Å². The normalized spacial score (nSPS) is 12.2. The van der Waals surface area contributed by atoms with Gasteiger partial charge in [-0.15, -0.1) is 0 Å². The third-order valence-electron chi connectivity index (χ3n) is 4.40. The van der Waals surface area contributed by atoms with Crippen LogP contribution in [0.4, 0.5) is 4.39 Å². The number of nitrogens with one attached hydrogen (secondary N) is 2. The van der Waals surface area contributed by atoms with Gasteiger partial charge >= 0.3 is 5.97 Å². The van der Waals surface area contributed by atoms with Crippen molar-refractivity contribution in [3.05, 3.63) is 71.0 Å². The number of hydrogen-bond donors (Lipinski definition) is 2. The first-order valence-corrected chi connectivity index (χ1v) is 9.21. The van der Waals surface area contributed by atoms with Crippen LogP contribution in [0.3, 0.4) is 0 Å². The molecular weight excluding hydrogens is 389 g/mol. The zero-order chi connectivity index (χ0) is 22.1. The molecule has 2 aromatic carbocycles. The Hall–Kier alpha value is -3.73. The van der Waals surface area contributed by atoms with E-state index in [0.717, 1.165) is 0 Å². The van der Waals surface area contributed by atoms with Gasteiger partial charge in [0.2, 0.25) is 11.8 Å². The Morgan fingerprint density at radius 3 is 2.27 bits per heavy atom. The van der Waals surface area contributed by atoms with E-state index < -0.39 is 35.7 Å². The molecule has 30 heavy (non-hydrogen) atoms. The molecule has 0 unspecified atom stereocenters. The average Bonchev–Trinajstić information content (AvgIpc) is 2.73. The van der Waals surface area contributed by atoms with Gasteiger partial charge < -0.3 is 15.4 Å². The van der Waals surface area contributed by atoms with Crippen molar-refractivity contribution in [3.8, 4) is 6.07 Å². The summed E-state index contributed by atoms with van der Waals surface area (Å²) >= 11 is 0. The molecule has 0 aliphatic heterocycles. The Balaban J connectivity index is 2.18. The van der Waals surface area contributed by atoms with E-state index in [0.29, 0.717) is 11.1 Å². The molecule has 0 aromatic heterocycles. The second-order valence-corrected chi connectivity index (χ2v) is 6.65. The Morgan fingerprint density at radius 1 is 1.03 bits per heavy atom. The van der Waals surface area contributed by atoms with Gasteiger partial charge in [-0.25, -0.2) is 9.18 Å². The Kier molecular flexibility index (Phi) is 8.06. The smallest absolute Gasteiger partial charge is 0.328 e. The molecule has 2 rings (SSSR count). The van der Waals surface area contributed by atoms with E-state index in [1.54, 1.807) is 30.3 Å². The molecule has 7 nitrogen and oxygen atoms in total. The number of amides is 2. The number of hydrogen-bond acceptors (Lipinski definition) is 5. The van der Waals surface area contributed by atoms with Gasteiger partial charge in [-0.3, -0.25) is 9.59 Å². The molecule has 0 spiro atoms. The van der Waals surface area contributed by atoms with Crippen molar-refractivity contribution in [2.75, 3.05) is 7.11 Å². The number of carbonyl (C=O) groups is 3. The number of rotatable bonds is 8. The van der Waals surface area contributed by atoms with Gasteiger partial charge in [-0.1, -0.05) is 30.3 Å². The highest BCUT2D eigenvalue weighted by Crippen LogP contribution is 2.11. The predicted molar refractivity (Wildman–Crippen MR) is 107 cm³/mol. The summed E-state index contributed by atoms with van der Waals surface area (Å²) < 4.78 is 18.8. The van der Waals surface area contributed by atoms with Crippen molar-refractivity contribution in [3.63, 3.8) is 0 Å². The summed E-state index contributed by atoms with van der Waals surface area (Å²) in [5, 5.41) is 14.0. The maximum absolute atomic E-state index is 14.0. The highest BCUT2D eigenvalue weighted by molar-refractivity contribution is 5.90. The van der Waals surface area contributed by atoms with Crippen molar-refractivity contribution in [1.29, 1.82) is 5.26 Å². The molecule has 0 bridgehead atoms. The summed E-state index contributed by atoms with van der Waals surface area (Å²) in [6.45, 7) is 1.25. The van der Waals surface area contributed by atoms with E-state index in [2.05, 4.69) is 10.6 Å². The monoisotopic (exact) mass is 411 g/mol. The molecule has 0 saturated carbocycles. The van der Waals surface area contributed by atoms with Crippen LogP contribution < -0.4 is 10.6 Å². The molecular formula is C22H22FN3O4. The summed E-state index contributed by atoms with van der Waals surface area (Å²) in [6.07, 6.45) is 0.0411. The summed E-state index contributed by atoms with van der Waals surface area (Å²) in [6, 6.07) is 12.4. The lowest BCUT2D eigenvalue weighted by Crippen LogP contribution is -2.53. The van der Waals surface area contributed by atoms with E-state index in [1.807, 2.05) is 6.07 Å². The summed E-state index contributed by atoms with van der Waals surface area (Å²) in [7, 11) is 1.20. The Morgan fingerprint density at radius 2 is 1.70 bits per heavy atom. The van der Waals surface area contributed by atoms with Crippen LogP contribution in [0, 0.1) is 17.1 Å². The summed E-state index contributed by atoms with van der Waals surface area (Å²) in [5.74, 6) is -2.27. The molecule has 2 atom stereocenters. The number of ether oxygens (including phenoxy) is 1. The van der Waals surface area contributed by atoms with Crippen LogP contribution in [0.25, 0.3) is 0 Å². The molecule has 0 aliphatic carbocycles. The quantitative estimate of drug-likeness (QED) is 0.642. The minimum Gasteiger partial charge on any atom is -0.467 e. The largest absolute Gasteiger partial charge is 0.467 e. The van der Waals surface area contributed by atoms with Crippen molar-refractivity contribution in [1.82, 2.24) is 10.6 Å². The number of methoxy groups -OCH3 is 1. The molecule has 156 valence electrons. The number of benzene rings is 2. The standard InChI is InChI=1S/C22H22FN3O4/c1-14(27)25-19(12-17-5-3-4-6-18(17)23)21(28)26-20(22(29)30-2)11-15-7-9-16(13-24)10-8-15/h3-10,19-20H,11-12H2,1-2H3,(H,25,27)(H,26,28)/t19-,20+/m1/s1. The number of nitrogens with zero attached hydrogens (tertiary/aromatic N) is 1. The molecule has 2 amide bonds. The minimum absolute atomic E-state index is 0.0805. The highest BCUT2D eigenvalue weighted by Gasteiger charge is 2.27. The van der Waals surface area contributed by atoms with Crippen LogP contribution in [0.15, 0.2) is 48.5 Å². The van der Waals surface area contributed by atoms with Crippen LogP contribution in [0.1, 0.15) is 23.6 Å². The maximum Gasteiger partial charge on any atom is 0.328 e. The van der Waals surface area contributed by atoms with E-state index >= 15 is 0 Å². The first-order chi connectivity index (χ1) is 14.3. The van der Waals surface area contributed by atoms with Gasteiger partial charge in [0.15, 0.2) is 0 Å². The zero-order valence-corrected chi connectivity index (χ0v) is 16.6. The number of halogens is 1. The summed E-state index contributed by atoms with van der Waals surface area (Å²) in [4.78, 5) is 36.6. The van der Waals surface area contributed by atoms with Crippen LogP contribution in [0.2, 0.25) is 0 Å². The van der Waals surface area contributed by atoms with E-state index in [1.165, 1.54) is 32.2 Å². The lowest BCUT2D eigenvalue weighted by molar-refractivity contribution is -0.145. The molecule has 0 aliphatic rings. The van der Waals surface area contributed by atoms with Crippen molar-refractivity contribution >= 4 is 17.8 Å². The fraction of sp³-hybridized carbons (Fsp3) is 0.273. The van der Waals surface area contributed by atoms with Crippen LogP contribution in [-0.2, 0) is 32.0 Å². The van der Waals surface area contributed by atoms with E-state index in [4.69, 9.17) is 10.00 Å². The third-order valence-corrected chi connectivity index (χ3v) is 4.40. The van der Waals surface area contributed by atoms with Gasteiger partial charge in [0, 0.05) is 19.8 Å². The second kappa shape index (κ2) is 10.7. The average molecular weight is 411 g/mol. The first kappa shape index (κ1) is 22.6. The van der Waals surface area contributed by atoms with Gasteiger partial charge in [0.25, 0.3) is 0 Å². The molecule has 8 heteroatoms. The fourth-order valence-corrected chi connectivity index (χ4v) is 2.90. The number of carbonyl (C=O) groups excluding carboxylic acids is 3. The van der Waals surface area contributed by atoms with Gasteiger partial charge in [-0.05, 0) is 29.3 Å². The number of nitriles is 1. The topological polar surface area (TPSA) is 108 Å². The minimum atomic E-state index is -1.08. The lowest BCUT2D eigenvalue weighted by Gasteiger charge is -2.22. The molecule has 2 aromatic rings. The van der Waals surface area contributed by atoms with Crippen LogP contribution in [0.5, 0.6) is 0 Å². The predicted octanol–water partition coefficient (Wildman–Crippen LogP) is 1.65. The van der Waals surface area contributed by atoms with Gasteiger partial charge in [0.1, 0.15) is 17.9 Å². The lowest BCUT2D eigenvalue weighted by atomic mass is 10.0. The second-order valence-electron chi connectivity index (χ2n) is 6.65. The molecule has 0 heterocycles. The van der Waals surface area contributed by atoms with Crippen molar-refractivity contribution in [2.24, 2.45) is 0 Å². The maximum atomic E-state index is 14.0. The van der Waals surface area contributed by atoms with Crippen molar-refractivity contribution in [2.45, 2.75) is 31.8 Å². The first-order valence-electron chi connectivity index (χ1n) is 9.21. The number of esters is 1. The summed E-state index contributed by atoms with van der Waals surface area (Å²) in [5.41, 5.74) is 1.43. The molecule has 0 fully saturated rings. The van der Waals surface area contributed by atoms with E-state index in [9.17, 15) is 18.8 Å². The molecule has 0 radical (unpaired) electrons. The SMILES string of the molecule is COC(=O)[C@H](Cc1ccc(C#N)cc1)NC(=O)[C@@H](Cc1ccccc1F)NC(C)=O. The highest BCUT2D eigenvalue weighted by atomic mass is 19.1. The fourth-order valence-electron chi connectivity index (χ4n) is 2.90. The van der Waals surface area contributed by atoms with E-state index in [-0.39, 0.29) is 18.4 Å². The van der Waals surface area contributed by atoms with Crippen LogP contribution >= 0.6 is 0 Å². The Bertz CT molecular complexity index is 954. The molecule has 0 saturated heterocycles.